The first-order valence-electron chi connectivity index (χ1n) is 6.68. The van der Waals surface area contributed by atoms with E-state index in [2.05, 4.69) is 9.97 Å². The molecule has 0 bridgehead atoms. The standard InChI is InChI=1S/C15H19N3O2S/c1-11-10-14(16)18-15(17-11)21-9-3-8-20-13-6-4-12(19-2)5-7-13/h4-7,10H,3,8-9H2,1-2H3,(H2,16,17,18). The van der Waals surface area contributed by atoms with Crippen LogP contribution in [0, 0.1) is 6.92 Å². The summed E-state index contributed by atoms with van der Waals surface area (Å²) in [6, 6.07) is 9.32. The van der Waals surface area contributed by atoms with E-state index in [1.54, 1.807) is 24.9 Å². The lowest BCUT2D eigenvalue weighted by Crippen LogP contribution is -2.00. The Kier molecular flexibility index (Phi) is 5.68. The molecular weight excluding hydrogens is 286 g/mol. The van der Waals surface area contributed by atoms with Crippen LogP contribution >= 0.6 is 11.8 Å². The van der Waals surface area contributed by atoms with Gasteiger partial charge >= 0.3 is 0 Å². The first kappa shape index (κ1) is 15.4. The van der Waals surface area contributed by atoms with E-state index in [0.29, 0.717) is 12.4 Å². The Hall–Kier alpha value is -1.95. The van der Waals surface area contributed by atoms with Gasteiger partial charge in [-0.2, -0.15) is 0 Å². The van der Waals surface area contributed by atoms with Gasteiger partial charge in [0.1, 0.15) is 17.3 Å². The number of nitrogens with two attached hydrogens (primary N) is 1. The van der Waals surface area contributed by atoms with Crippen LogP contribution in [0.2, 0.25) is 0 Å². The maximum Gasteiger partial charge on any atom is 0.189 e. The van der Waals surface area contributed by atoms with Crippen LogP contribution in [0.25, 0.3) is 0 Å². The lowest BCUT2D eigenvalue weighted by Gasteiger charge is -2.07. The van der Waals surface area contributed by atoms with E-state index in [9.17, 15) is 0 Å². The summed E-state index contributed by atoms with van der Waals surface area (Å²) >= 11 is 1.59. The number of nitrogen functional groups attached to an aromatic ring is 1. The van der Waals surface area contributed by atoms with Crippen molar-refractivity contribution in [1.82, 2.24) is 9.97 Å². The van der Waals surface area contributed by atoms with E-state index < -0.39 is 0 Å². The summed E-state index contributed by atoms with van der Waals surface area (Å²) in [6.07, 6.45) is 0.911. The molecule has 0 fully saturated rings. The molecule has 6 heteroatoms. The fraction of sp³-hybridized carbons (Fsp3) is 0.333. The van der Waals surface area contributed by atoms with Crippen LogP contribution in [0.1, 0.15) is 12.1 Å². The third kappa shape index (κ3) is 5.15. The van der Waals surface area contributed by atoms with Crippen molar-refractivity contribution in [2.75, 3.05) is 25.2 Å². The molecule has 0 atom stereocenters. The van der Waals surface area contributed by atoms with Crippen molar-refractivity contribution in [2.45, 2.75) is 18.5 Å². The zero-order chi connectivity index (χ0) is 15.1. The minimum Gasteiger partial charge on any atom is -0.497 e. The highest BCUT2D eigenvalue weighted by Crippen LogP contribution is 2.18. The summed E-state index contributed by atoms with van der Waals surface area (Å²) in [7, 11) is 1.65. The van der Waals surface area contributed by atoms with Crippen LogP contribution in [0.3, 0.4) is 0 Å². The number of hydrogen-bond acceptors (Lipinski definition) is 6. The quantitative estimate of drug-likeness (QED) is 0.482. The van der Waals surface area contributed by atoms with Gasteiger partial charge in [0.25, 0.3) is 0 Å². The number of methoxy groups -OCH3 is 1. The number of anilines is 1. The number of ether oxygens (including phenoxy) is 2. The Labute approximate surface area is 128 Å². The van der Waals surface area contributed by atoms with Crippen LogP contribution in [-0.2, 0) is 0 Å². The molecule has 112 valence electrons. The number of nitrogens with zero attached hydrogens (tertiary/aromatic N) is 2. The van der Waals surface area contributed by atoms with Gasteiger partial charge in [0.05, 0.1) is 13.7 Å². The number of thioether (sulfide) groups is 1. The second-order valence-corrected chi connectivity index (χ2v) is 5.50. The smallest absolute Gasteiger partial charge is 0.189 e. The van der Waals surface area contributed by atoms with E-state index in [0.717, 1.165) is 34.5 Å². The Morgan fingerprint density at radius 3 is 2.52 bits per heavy atom. The molecule has 0 aliphatic carbocycles. The van der Waals surface area contributed by atoms with Gasteiger partial charge in [0.2, 0.25) is 0 Å². The van der Waals surface area contributed by atoms with Crippen molar-refractivity contribution < 1.29 is 9.47 Å². The molecule has 2 aromatic rings. The highest BCUT2D eigenvalue weighted by Gasteiger charge is 2.01. The number of rotatable bonds is 7. The average molecular weight is 305 g/mol. The molecule has 21 heavy (non-hydrogen) atoms. The van der Waals surface area contributed by atoms with E-state index >= 15 is 0 Å². The van der Waals surface area contributed by atoms with Crippen molar-refractivity contribution in [3.63, 3.8) is 0 Å². The lowest BCUT2D eigenvalue weighted by molar-refractivity contribution is 0.318. The predicted octanol–water partition coefficient (Wildman–Crippen LogP) is 2.94. The largest absolute Gasteiger partial charge is 0.497 e. The molecule has 2 rings (SSSR count). The van der Waals surface area contributed by atoms with Gasteiger partial charge in [-0.15, -0.1) is 0 Å². The summed E-state index contributed by atoms with van der Waals surface area (Å²) < 4.78 is 10.8. The van der Waals surface area contributed by atoms with E-state index in [4.69, 9.17) is 15.2 Å². The zero-order valence-electron chi connectivity index (χ0n) is 12.2. The third-order valence-electron chi connectivity index (χ3n) is 2.70. The summed E-state index contributed by atoms with van der Waals surface area (Å²) in [6.45, 7) is 2.56. The van der Waals surface area contributed by atoms with Crippen molar-refractivity contribution in [2.24, 2.45) is 0 Å². The molecule has 0 radical (unpaired) electrons. The van der Waals surface area contributed by atoms with Crippen molar-refractivity contribution in [3.8, 4) is 11.5 Å². The summed E-state index contributed by atoms with van der Waals surface area (Å²) in [4.78, 5) is 8.51. The lowest BCUT2D eigenvalue weighted by atomic mass is 10.3. The SMILES string of the molecule is COc1ccc(OCCCSc2nc(C)cc(N)n2)cc1. The van der Waals surface area contributed by atoms with Gasteiger partial charge in [-0.05, 0) is 37.6 Å². The third-order valence-corrected chi connectivity index (χ3v) is 3.64. The number of aromatic nitrogens is 2. The van der Waals surface area contributed by atoms with Gasteiger partial charge in [-0.1, -0.05) is 11.8 Å². The monoisotopic (exact) mass is 305 g/mol. The fourth-order valence-electron chi connectivity index (χ4n) is 1.71. The van der Waals surface area contributed by atoms with Gasteiger partial charge in [0, 0.05) is 17.5 Å². The number of aryl methyl sites for hydroxylation is 1. The molecule has 5 nitrogen and oxygen atoms in total. The summed E-state index contributed by atoms with van der Waals surface area (Å²) in [5, 5.41) is 0.719. The van der Waals surface area contributed by atoms with Crippen LogP contribution in [0.15, 0.2) is 35.5 Å². The minimum absolute atomic E-state index is 0.513. The van der Waals surface area contributed by atoms with Gasteiger partial charge in [0.15, 0.2) is 5.16 Å². The summed E-state index contributed by atoms with van der Waals surface area (Å²) in [5.41, 5.74) is 6.58. The molecule has 1 heterocycles. The Morgan fingerprint density at radius 2 is 1.86 bits per heavy atom. The zero-order valence-corrected chi connectivity index (χ0v) is 13.0. The molecule has 0 aliphatic heterocycles. The van der Waals surface area contributed by atoms with Crippen LogP contribution in [-0.4, -0.2) is 29.4 Å². The summed E-state index contributed by atoms with van der Waals surface area (Å²) in [5.74, 6) is 3.07. The Morgan fingerprint density at radius 1 is 1.14 bits per heavy atom. The molecule has 0 amide bonds. The van der Waals surface area contributed by atoms with Crippen LogP contribution in [0.4, 0.5) is 5.82 Å². The fourth-order valence-corrected chi connectivity index (χ4v) is 2.54. The number of hydrogen-bond donors (Lipinski definition) is 1. The average Bonchev–Trinajstić information content (AvgIpc) is 2.46. The van der Waals surface area contributed by atoms with Crippen molar-refractivity contribution in [3.05, 3.63) is 36.0 Å². The maximum absolute atomic E-state index is 5.69. The molecule has 0 aliphatic rings. The van der Waals surface area contributed by atoms with Gasteiger partial charge in [-0.3, -0.25) is 0 Å². The van der Waals surface area contributed by atoms with E-state index in [1.807, 2.05) is 31.2 Å². The molecule has 0 spiro atoms. The second-order valence-electron chi connectivity index (χ2n) is 4.44. The molecule has 2 N–H and O–H groups in total. The highest BCUT2D eigenvalue weighted by molar-refractivity contribution is 7.99. The van der Waals surface area contributed by atoms with Crippen molar-refractivity contribution in [1.29, 1.82) is 0 Å². The molecule has 1 aromatic carbocycles. The molecule has 0 saturated heterocycles. The number of benzene rings is 1. The maximum atomic E-state index is 5.69. The molecule has 0 saturated carbocycles. The Bertz CT molecular complexity index is 555. The Balaban J connectivity index is 1.69. The molecular formula is C15H19N3O2S. The first-order chi connectivity index (χ1) is 10.2. The first-order valence-corrected chi connectivity index (χ1v) is 7.67. The van der Waals surface area contributed by atoms with Gasteiger partial charge < -0.3 is 15.2 Å². The normalized spacial score (nSPS) is 10.4. The topological polar surface area (TPSA) is 70.3 Å². The highest BCUT2D eigenvalue weighted by atomic mass is 32.2. The second kappa shape index (κ2) is 7.73. The van der Waals surface area contributed by atoms with Crippen LogP contribution < -0.4 is 15.2 Å². The molecule has 1 aromatic heterocycles. The van der Waals surface area contributed by atoms with E-state index in [1.165, 1.54) is 0 Å². The van der Waals surface area contributed by atoms with E-state index in [-0.39, 0.29) is 0 Å². The minimum atomic E-state index is 0.513. The predicted molar refractivity (Wildman–Crippen MR) is 85.0 cm³/mol. The van der Waals surface area contributed by atoms with Crippen LogP contribution in [0.5, 0.6) is 11.5 Å². The molecule has 0 unspecified atom stereocenters. The van der Waals surface area contributed by atoms with Gasteiger partial charge in [-0.25, -0.2) is 9.97 Å². The van der Waals surface area contributed by atoms with Crippen molar-refractivity contribution >= 4 is 17.6 Å².